The van der Waals surface area contributed by atoms with Gasteiger partial charge in [-0.1, -0.05) is 18.2 Å². The third kappa shape index (κ3) is 3.35. The van der Waals surface area contributed by atoms with Gasteiger partial charge in [0, 0.05) is 11.8 Å². The minimum atomic E-state index is 0.527. The molecule has 0 saturated heterocycles. The third-order valence-corrected chi connectivity index (χ3v) is 3.88. The molecular weight excluding hydrogens is 356 g/mol. The van der Waals surface area contributed by atoms with Crippen LogP contribution in [0.4, 0.5) is 0 Å². The molecule has 5 heteroatoms. The largest absolute Gasteiger partial charge is 0.496 e. The molecule has 0 spiro atoms. The maximum absolute atomic E-state index is 5.95. The standard InChI is InChI=1S/C18H15BrN2O2/c1-12-9-10-20-18(23-13-7-8-16(19)21-11-13)17(12)14-5-3-4-6-15(14)22-2/h3-11H,1-2H3. The monoisotopic (exact) mass is 370 g/mol. The van der Waals surface area contributed by atoms with Crippen LogP contribution >= 0.6 is 15.9 Å². The Morgan fingerprint density at radius 3 is 2.57 bits per heavy atom. The lowest BCUT2D eigenvalue weighted by Crippen LogP contribution is -1.96. The number of benzene rings is 1. The highest BCUT2D eigenvalue weighted by molar-refractivity contribution is 9.10. The van der Waals surface area contributed by atoms with Crippen LogP contribution in [-0.4, -0.2) is 17.1 Å². The zero-order valence-corrected chi connectivity index (χ0v) is 14.4. The Morgan fingerprint density at radius 1 is 1.00 bits per heavy atom. The fourth-order valence-electron chi connectivity index (χ4n) is 2.32. The summed E-state index contributed by atoms with van der Waals surface area (Å²) in [5, 5.41) is 0. The highest BCUT2D eigenvalue weighted by Gasteiger charge is 2.15. The SMILES string of the molecule is COc1ccccc1-c1c(C)ccnc1Oc1ccc(Br)nc1. The number of aromatic nitrogens is 2. The van der Waals surface area contributed by atoms with E-state index in [0.29, 0.717) is 11.6 Å². The molecule has 0 aliphatic rings. The first kappa shape index (κ1) is 15.5. The molecule has 116 valence electrons. The maximum Gasteiger partial charge on any atom is 0.227 e. The molecule has 0 atom stereocenters. The first-order valence-electron chi connectivity index (χ1n) is 7.07. The van der Waals surface area contributed by atoms with Crippen molar-refractivity contribution in [2.45, 2.75) is 6.92 Å². The van der Waals surface area contributed by atoms with Crippen LogP contribution in [-0.2, 0) is 0 Å². The van der Waals surface area contributed by atoms with Crippen LogP contribution in [0.3, 0.4) is 0 Å². The number of hydrogen-bond acceptors (Lipinski definition) is 4. The van der Waals surface area contributed by atoms with E-state index in [2.05, 4.69) is 25.9 Å². The van der Waals surface area contributed by atoms with Gasteiger partial charge in [-0.15, -0.1) is 0 Å². The van der Waals surface area contributed by atoms with Crippen LogP contribution in [0.1, 0.15) is 5.56 Å². The molecule has 4 nitrogen and oxygen atoms in total. The Labute approximate surface area is 143 Å². The van der Waals surface area contributed by atoms with Crippen molar-refractivity contribution in [3.05, 3.63) is 65.0 Å². The van der Waals surface area contributed by atoms with Gasteiger partial charge in [0.25, 0.3) is 0 Å². The Balaban J connectivity index is 2.08. The summed E-state index contributed by atoms with van der Waals surface area (Å²) in [4.78, 5) is 8.56. The fraction of sp³-hybridized carbons (Fsp3) is 0.111. The van der Waals surface area contributed by atoms with E-state index in [0.717, 1.165) is 27.0 Å². The van der Waals surface area contributed by atoms with Gasteiger partial charge in [-0.3, -0.25) is 0 Å². The number of halogens is 1. The summed E-state index contributed by atoms with van der Waals surface area (Å²) < 4.78 is 12.2. The number of methoxy groups -OCH3 is 1. The lowest BCUT2D eigenvalue weighted by atomic mass is 10.0. The number of pyridine rings is 2. The first-order chi connectivity index (χ1) is 11.2. The summed E-state index contributed by atoms with van der Waals surface area (Å²) in [6.45, 7) is 2.02. The minimum absolute atomic E-state index is 0.527. The average Bonchev–Trinajstić information content (AvgIpc) is 2.57. The Morgan fingerprint density at radius 2 is 1.83 bits per heavy atom. The van der Waals surface area contributed by atoms with Crippen molar-refractivity contribution in [2.24, 2.45) is 0 Å². The number of ether oxygens (including phenoxy) is 2. The van der Waals surface area contributed by atoms with E-state index in [9.17, 15) is 0 Å². The van der Waals surface area contributed by atoms with Gasteiger partial charge in [-0.25, -0.2) is 9.97 Å². The lowest BCUT2D eigenvalue weighted by Gasteiger charge is -2.15. The van der Waals surface area contributed by atoms with Crippen LogP contribution in [0.25, 0.3) is 11.1 Å². The quantitative estimate of drug-likeness (QED) is 0.605. The van der Waals surface area contributed by atoms with Crippen molar-refractivity contribution in [3.8, 4) is 28.5 Å². The smallest absolute Gasteiger partial charge is 0.227 e. The molecule has 0 radical (unpaired) electrons. The van der Waals surface area contributed by atoms with Crippen molar-refractivity contribution in [3.63, 3.8) is 0 Å². The van der Waals surface area contributed by atoms with Crippen LogP contribution in [0, 0.1) is 6.92 Å². The molecule has 1 aromatic carbocycles. The molecule has 0 unspecified atom stereocenters. The van der Waals surface area contributed by atoms with Crippen molar-refractivity contribution in [2.75, 3.05) is 7.11 Å². The highest BCUT2D eigenvalue weighted by Crippen LogP contribution is 2.38. The van der Waals surface area contributed by atoms with E-state index >= 15 is 0 Å². The van der Waals surface area contributed by atoms with Gasteiger partial charge in [-0.2, -0.15) is 0 Å². The lowest BCUT2D eigenvalue weighted by molar-refractivity contribution is 0.415. The van der Waals surface area contributed by atoms with Crippen LogP contribution in [0.5, 0.6) is 17.4 Å². The Kier molecular flexibility index (Phi) is 4.57. The van der Waals surface area contributed by atoms with Gasteiger partial charge in [0.2, 0.25) is 5.88 Å². The third-order valence-electron chi connectivity index (χ3n) is 3.42. The minimum Gasteiger partial charge on any atom is -0.496 e. The second kappa shape index (κ2) is 6.79. The zero-order valence-electron chi connectivity index (χ0n) is 12.8. The summed E-state index contributed by atoms with van der Waals surface area (Å²) in [6.07, 6.45) is 3.38. The molecule has 2 aromatic heterocycles. The number of para-hydroxylation sites is 1. The van der Waals surface area contributed by atoms with Crippen molar-refractivity contribution >= 4 is 15.9 Å². The predicted octanol–water partition coefficient (Wildman–Crippen LogP) is 5.02. The Hall–Kier alpha value is -2.40. The Bertz CT molecular complexity index is 820. The summed E-state index contributed by atoms with van der Waals surface area (Å²) in [6, 6.07) is 13.4. The zero-order chi connectivity index (χ0) is 16.2. The number of aryl methyl sites for hydroxylation is 1. The van der Waals surface area contributed by atoms with Gasteiger partial charge in [0.1, 0.15) is 16.1 Å². The summed E-state index contributed by atoms with van der Waals surface area (Å²) in [7, 11) is 1.66. The van der Waals surface area contributed by atoms with Gasteiger partial charge in [-0.05, 0) is 52.7 Å². The van der Waals surface area contributed by atoms with E-state index in [1.807, 2.05) is 49.4 Å². The fourth-order valence-corrected chi connectivity index (χ4v) is 2.56. The normalized spacial score (nSPS) is 10.4. The molecule has 0 amide bonds. The van der Waals surface area contributed by atoms with Crippen LogP contribution < -0.4 is 9.47 Å². The van der Waals surface area contributed by atoms with Crippen LogP contribution in [0.2, 0.25) is 0 Å². The van der Waals surface area contributed by atoms with E-state index in [-0.39, 0.29) is 0 Å². The molecule has 3 rings (SSSR count). The predicted molar refractivity (Wildman–Crippen MR) is 93.0 cm³/mol. The van der Waals surface area contributed by atoms with E-state index in [4.69, 9.17) is 9.47 Å². The molecule has 23 heavy (non-hydrogen) atoms. The van der Waals surface area contributed by atoms with Gasteiger partial charge in [0.15, 0.2) is 0 Å². The molecule has 0 aliphatic carbocycles. The van der Waals surface area contributed by atoms with Crippen molar-refractivity contribution < 1.29 is 9.47 Å². The van der Waals surface area contributed by atoms with Gasteiger partial charge >= 0.3 is 0 Å². The maximum atomic E-state index is 5.95. The summed E-state index contributed by atoms with van der Waals surface area (Å²) in [5.74, 6) is 1.93. The number of nitrogens with zero attached hydrogens (tertiary/aromatic N) is 2. The molecule has 0 N–H and O–H groups in total. The van der Waals surface area contributed by atoms with Gasteiger partial charge in [0.05, 0.1) is 18.9 Å². The van der Waals surface area contributed by atoms with E-state index in [1.165, 1.54) is 0 Å². The summed E-state index contributed by atoms with van der Waals surface area (Å²) in [5.41, 5.74) is 2.91. The molecule has 3 aromatic rings. The second-order valence-corrected chi connectivity index (χ2v) is 5.74. The van der Waals surface area contributed by atoms with Crippen LogP contribution in [0.15, 0.2) is 59.5 Å². The molecular formula is C18H15BrN2O2. The first-order valence-corrected chi connectivity index (χ1v) is 7.86. The number of hydrogen-bond donors (Lipinski definition) is 0. The van der Waals surface area contributed by atoms with E-state index < -0.39 is 0 Å². The second-order valence-electron chi connectivity index (χ2n) is 4.93. The highest BCUT2D eigenvalue weighted by atomic mass is 79.9. The average molecular weight is 371 g/mol. The topological polar surface area (TPSA) is 44.2 Å². The molecule has 0 saturated carbocycles. The van der Waals surface area contributed by atoms with Crippen molar-refractivity contribution in [1.82, 2.24) is 9.97 Å². The molecule has 2 heterocycles. The molecule has 0 fully saturated rings. The summed E-state index contributed by atoms with van der Waals surface area (Å²) >= 11 is 3.31. The van der Waals surface area contributed by atoms with Crippen molar-refractivity contribution in [1.29, 1.82) is 0 Å². The number of rotatable bonds is 4. The van der Waals surface area contributed by atoms with E-state index in [1.54, 1.807) is 19.5 Å². The molecule has 0 aliphatic heterocycles. The van der Waals surface area contributed by atoms with Gasteiger partial charge < -0.3 is 9.47 Å². The molecule has 0 bridgehead atoms.